The fraction of sp³-hybridized carbons (Fsp3) is 0.615. The fourth-order valence-electron chi connectivity index (χ4n) is 2.05. The van der Waals surface area contributed by atoms with E-state index in [9.17, 15) is 4.79 Å². The highest BCUT2D eigenvalue weighted by Crippen LogP contribution is 2.28. The number of carbonyl (C=O) groups excluding carboxylic acids is 1. The van der Waals surface area contributed by atoms with Gasteiger partial charge in [0.15, 0.2) is 0 Å². The summed E-state index contributed by atoms with van der Waals surface area (Å²) in [5.74, 6) is 0.194. The van der Waals surface area contributed by atoms with Gasteiger partial charge in [-0.25, -0.2) is 0 Å². The van der Waals surface area contributed by atoms with Gasteiger partial charge >= 0.3 is 0 Å². The molecule has 5 heteroatoms. The topological polar surface area (TPSA) is 35.6 Å². The predicted octanol–water partition coefficient (Wildman–Crippen LogP) is 1.44. The summed E-state index contributed by atoms with van der Waals surface area (Å²) in [6.07, 6.45) is 0.0543. The Morgan fingerprint density at radius 1 is 1.56 bits per heavy atom. The van der Waals surface area contributed by atoms with Gasteiger partial charge in [0.2, 0.25) is 5.91 Å². The first-order valence-corrected chi connectivity index (χ1v) is 7.06. The number of hydrogen-bond donors (Lipinski definition) is 1. The Balaban J connectivity index is 2.12. The number of likely N-dealkylation sites (N-methyl/N-ethyl adjacent to an activating group) is 1. The van der Waals surface area contributed by atoms with Crippen molar-refractivity contribution < 1.29 is 4.79 Å². The molecule has 1 amide bonds. The average Bonchev–Trinajstić information content (AvgIpc) is 2.87. The molecule has 0 bridgehead atoms. The highest BCUT2D eigenvalue weighted by atomic mass is 32.1. The molecule has 1 aromatic heterocycles. The van der Waals surface area contributed by atoms with Gasteiger partial charge in [-0.2, -0.15) is 0 Å². The van der Waals surface area contributed by atoms with E-state index in [1.807, 2.05) is 19.0 Å². The van der Waals surface area contributed by atoms with E-state index in [2.05, 4.69) is 36.2 Å². The number of amides is 1. The van der Waals surface area contributed by atoms with Crippen LogP contribution in [0.2, 0.25) is 0 Å². The van der Waals surface area contributed by atoms with Crippen LogP contribution >= 0.6 is 11.3 Å². The smallest absolute Gasteiger partial charge is 0.238 e. The molecule has 18 heavy (non-hydrogen) atoms. The third-order valence-electron chi connectivity index (χ3n) is 3.45. The lowest BCUT2D eigenvalue weighted by Gasteiger charge is -2.29. The van der Waals surface area contributed by atoms with Crippen LogP contribution in [0, 0.1) is 6.92 Å². The van der Waals surface area contributed by atoms with E-state index >= 15 is 0 Å². The molecule has 2 atom stereocenters. The summed E-state index contributed by atoms with van der Waals surface area (Å²) in [7, 11) is 4.09. The van der Waals surface area contributed by atoms with E-state index in [1.54, 1.807) is 11.3 Å². The molecule has 2 heterocycles. The molecule has 2 rings (SSSR count). The Morgan fingerprint density at radius 3 is 2.83 bits per heavy atom. The Hall–Kier alpha value is -0.910. The van der Waals surface area contributed by atoms with Crippen LogP contribution in [0.15, 0.2) is 12.1 Å². The van der Waals surface area contributed by atoms with Crippen LogP contribution in [-0.2, 0) is 4.79 Å². The van der Waals surface area contributed by atoms with Gasteiger partial charge in [-0.3, -0.25) is 10.1 Å². The van der Waals surface area contributed by atoms with Gasteiger partial charge in [-0.05, 0) is 40.1 Å². The average molecular weight is 267 g/mol. The zero-order valence-electron chi connectivity index (χ0n) is 11.4. The molecule has 2 unspecified atom stereocenters. The Morgan fingerprint density at radius 2 is 2.28 bits per heavy atom. The normalized spacial score (nSPS) is 21.9. The molecule has 0 spiro atoms. The Kier molecular flexibility index (Phi) is 4.04. The van der Waals surface area contributed by atoms with Crippen LogP contribution in [-0.4, -0.2) is 48.9 Å². The van der Waals surface area contributed by atoms with Gasteiger partial charge in [0.25, 0.3) is 0 Å². The second kappa shape index (κ2) is 5.38. The van der Waals surface area contributed by atoms with Crippen molar-refractivity contribution in [1.29, 1.82) is 0 Å². The molecular weight excluding hydrogens is 246 g/mol. The molecule has 1 aromatic rings. The SMILES string of the molecule is Cc1ccc(C2NCC(=O)N2CC(C)N(C)C)s1. The van der Waals surface area contributed by atoms with E-state index in [0.717, 1.165) is 6.54 Å². The van der Waals surface area contributed by atoms with E-state index in [1.165, 1.54) is 9.75 Å². The van der Waals surface area contributed by atoms with E-state index in [-0.39, 0.29) is 12.1 Å². The minimum atomic E-state index is 0.0543. The van der Waals surface area contributed by atoms with Gasteiger partial charge in [0.1, 0.15) is 6.17 Å². The van der Waals surface area contributed by atoms with Crippen LogP contribution in [0.3, 0.4) is 0 Å². The summed E-state index contributed by atoms with van der Waals surface area (Å²) in [6, 6.07) is 4.58. The zero-order valence-corrected chi connectivity index (χ0v) is 12.3. The fourth-order valence-corrected chi connectivity index (χ4v) is 3.02. The van der Waals surface area contributed by atoms with E-state index in [0.29, 0.717) is 12.6 Å². The monoisotopic (exact) mass is 267 g/mol. The number of aryl methyl sites for hydroxylation is 1. The number of rotatable bonds is 4. The number of hydrogen-bond acceptors (Lipinski definition) is 4. The van der Waals surface area contributed by atoms with Crippen LogP contribution in [0.4, 0.5) is 0 Å². The molecule has 1 N–H and O–H groups in total. The molecule has 4 nitrogen and oxygen atoms in total. The molecule has 0 saturated carbocycles. The summed E-state index contributed by atoms with van der Waals surface area (Å²) in [6.45, 7) is 5.45. The summed E-state index contributed by atoms with van der Waals surface area (Å²) < 4.78 is 0. The molecule has 1 fully saturated rings. The van der Waals surface area contributed by atoms with Crippen molar-refractivity contribution in [2.45, 2.75) is 26.1 Å². The maximum Gasteiger partial charge on any atom is 0.238 e. The molecule has 0 aromatic carbocycles. The lowest BCUT2D eigenvalue weighted by Crippen LogP contribution is -2.41. The molecule has 1 aliphatic rings. The summed E-state index contributed by atoms with van der Waals surface area (Å²) in [4.78, 5) is 18.6. The second-order valence-corrected chi connectivity index (χ2v) is 6.41. The first kappa shape index (κ1) is 13.5. The molecule has 100 valence electrons. The van der Waals surface area contributed by atoms with Crippen molar-refractivity contribution in [2.75, 3.05) is 27.2 Å². The highest BCUT2D eigenvalue weighted by molar-refractivity contribution is 7.12. The maximum atomic E-state index is 12.0. The minimum Gasteiger partial charge on any atom is -0.319 e. The Bertz CT molecular complexity index is 430. The quantitative estimate of drug-likeness (QED) is 0.896. The first-order chi connectivity index (χ1) is 8.49. The van der Waals surface area contributed by atoms with Crippen molar-refractivity contribution in [3.63, 3.8) is 0 Å². The highest BCUT2D eigenvalue weighted by Gasteiger charge is 2.33. The third kappa shape index (κ3) is 2.74. The largest absolute Gasteiger partial charge is 0.319 e. The van der Waals surface area contributed by atoms with Crippen LogP contribution in [0.25, 0.3) is 0 Å². The van der Waals surface area contributed by atoms with E-state index in [4.69, 9.17) is 0 Å². The summed E-state index contributed by atoms with van der Waals surface area (Å²) in [5.41, 5.74) is 0. The van der Waals surface area contributed by atoms with Crippen molar-refractivity contribution in [3.05, 3.63) is 21.9 Å². The van der Waals surface area contributed by atoms with Gasteiger partial charge < -0.3 is 9.80 Å². The van der Waals surface area contributed by atoms with Crippen LogP contribution < -0.4 is 5.32 Å². The van der Waals surface area contributed by atoms with Gasteiger partial charge in [-0.15, -0.1) is 11.3 Å². The van der Waals surface area contributed by atoms with Gasteiger partial charge in [-0.1, -0.05) is 0 Å². The van der Waals surface area contributed by atoms with Crippen LogP contribution in [0.1, 0.15) is 22.8 Å². The summed E-state index contributed by atoms with van der Waals surface area (Å²) >= 11 is 1.76. The molecular formula is C13H21N3OS. The van der Waals surface area contributed by atoms with Crippen molar-refractivity contribution in [1.82, 2.24) is 15.1 Å². The number of nitrogens with zero attached hydrogens (tertiary/aromatic N) is 2. The standard InChI is InChI=1S/C13H21N3OS/c1-9(15(3)4)8-16-12(17)7-14-13(16)11-6-5-10(2)18-11/h5-6,9,13-14H,7-8H2,1-4H3. The number of thiophene rings is 1. The second-order valence-electron chi connectivity index (χ2n) is 5.09. The number of nitrogens with one attached hydrogen (secondary N) is 1. The lowest BCUT2D eigenvalue weighted by atomic mass is 10.2. The lowest BCUT2D eigenvalue weighted by molar-refractivity contribution is -0.128. The Labute approximate surface area is 113 Å². The van der Waals surface area contributed by atoms with Gasteiger partial charge in [0.05, 0.1) is 6.54 Å². The zero-order chi connectivity index (χ0) is 13.3. The minimum absolute atomic E-state index is 0.0543. The van der Waals surface area contributed by atoms with Gasteiger partial charge in [0, 0.05) is 22.3 Å². The maximum absolute atomic E-state index is 12.0. The number of carbonyl (C=O) groups is 1. The third-order valence-corrected chi connectivity index (χ3v) is 4.50. The van der Waals surface area contributed by atoms with Crippen molar-refractivity contribution in [2.24, 2.45) is 0 Å². The van der Waals surface area contributed by atoms with E-state index < -0.39 is 0 Å². The molecule has 0 aliphatic carbocycles. The molecule has 0 radical (unpaired) electrons. The summed E-state index contributed by atoms with van der Waals surface area (Å²) in [5, 5.41) is 3.30. The molecule has 1 saturated heterocycles. The predicted molar refractivity (Wildman–Crippen MR) is 74.7 cm³/mol. The van der Waals surface area contributed by atoms with Crippen molar-refractivity contribution in [3.8, 4) is 0 Å². The van der Waals surface area contributed by atoms with Crippen molar-refractivity contribution >= 4 is 17.2 Å². The first-order valence-electron chi connectivity index (χ1n) is 6.24. The van der Waals surface area contributed by atoms with Crippen LogP contribution in [0.5, 0.6) is 0 Å². The molecule has 1 aliphatic heterocycles.